The molecule has 0 saturated carbocycles. The van der Waals surface area contributed by atoms with Gasteiger partial charge in [0.1, 0.15) is 11.6 Å². The Morgan fingerprint density at radius 1 is 1.24 bits per heavy atom. The summed E-state index contributed by atoms with van der Waals surface area (Å²) in [5, 5.41) is 3.05. The monoisotopic (exact) mass is 410 g/mol. The summed E-state index contributed by atoms with van der Waals surface area (Å²) in [7, 11) is 0. The van der Waals surface area contributed by atoms with E-state index in [9.17, 15) is 9.18 Å². The lowest BCUT2D eigenvalue weighted by atomic mass is 10.0. The third-order valence-corrected chi connectivity index (χ3v) is 5.95. The second-order valence-corrected chi connectivity index (χ2v) is 7.88. The number of anilines is 1. The van der Waals surface area contributed by atoms with Crippen molar-refractivity contribution in [2.45, 2.75) is 30.2 Å². The van der Waals surface area contributed by atoms with E-state index in [1.54, 1.807) is 24.0 Å². The second kappa shape index (κ2) is 8.69. The van der Waals surface area contributed by atoms with E-state index >= 15 is 0 Å². The van der Waals surface area contributed by atoms with E-state index in [-0.39, 0.29) is 17.9 Å². The van der Waals surface area contributed by atoms with Crippen LogP contribution in [0.5, 0.6) is 0 Å². The van der Waals surface area contributed by atoms with E-state index in [4.69, 9.17) is 0 Å². The van der Waals surface area contributed by atoms with Gasteiger partial charge < -0.3 is 15.2 Å². The summed E-state index contributed by atoms with van der Waals surface area (Å²) in [6.07, 6.45) is 6.54. The molecule has 5 nitrogen and oxygen atoms in total. The molecule has 0 aliphatic carbocycles. The molecule has 4 rings (SSSR count). The number of piperidine rings is 1. The van der Waals surface area contributed by atoms with Crippen molar-refractivity contribution < 1.29 is 9.18 Å². The lowest BCUT2D eigenvalue weighted by Gasteiger charge is -2.34. The standard InChI is InChI=1S/C22H23FN4OS/c1-29-20-11-3-2-9-17(20)26-22(28)27-12-5-4-10-19(27)21-24-14-18(25-21)15-7-6-8-16(23)13-15/h2-3,6-9,11,13-14,19H,4-5,10,12H2,1H3,(H,24,25)(H,26,28)/t19-/m0/s1. The molecule has 29 heavy (non-hydrogen) atoms. The van der Waals surface area contributed by atoms with Gasteiger partial charge in [-0.3, -0.25) is 0 Å². The number of nitrogens with one attached hydrogen (secondary N) is 2. The maximum Gasteiger partial charge on any atom is 0.322 e. The van der Waals surface area contributed by atoms with Crippen molar-refractivity contribution in [3.05, 3.63) is 66.4 Å². The summed E-state index contributed by atoms with van der Waals surface area (Å²) in [4.78, 5) is 23.7. The second-order valence-electron chi connectivity index (χ2n) is 7.03. The number of aromatic nitrogens is 2. The fourth-order valence-corrected chi connectivity index (χ4v) is 4.26. The highest BCUT2D eigenvalue weighted by Crippen LogP contribution is 2.32. The Morgan fingerprint density at radius 2 is 2.10 bits per heavy atom. The van der Waals surface area contributed by atoms with Gasteiger partial charge in [-0.15, -0.1) is 11.8 Å². The van der Waals surface area contributed by atoms with E-state index in [0.717, 1.165) is 46.9 Å². The molecule has 1 fully saturated rings. The molecule has 2 amide bonds. The van der Waals surface area contributed by atoms with Crippen LogP contribution in [0.15, 0.2) is 59.6 Å². The highest BCUT2D eigenvalue weighted by molar-refractivity contribution is 7.98. The largest absolute Gasteiger partial charge is 0.340 e. The third-order valence-electron chi connectivity index (χ3n) is 5.16. The third kappa shape index (κ3) is 4.29. The van der Waals surface area contributed by atoms with Gasteiger partial charge in [0.05, 0.1) is 23.6 Å². The zero-order valence-electron chi connectivity index (χ0n) is 16.2. The molecule has 0 radical (unpaired) electrons. The van der Waals surface area contributed by atoms with Crippen molar-refractivity contribution in [3.8, 4) is 11.3 Å². The SMILES string of the molecule is CSc1ccccc1NC(=O)N1CCCC[C@H]1c1ncc(-c2cccc(F)c2)[nH]1. The molecule has 2 N–H and O–H groups in total. The number of carbonyl (C=O) groups excluding carboxylic acids is 1. The van der Waals surface area contributed by atoms with Gasteiger partial charge >= 0.3 is 6.03 Å². The zero-order chi connectivity index (χ0) is 20.2. The fourth-order valence-electron chi connectivity index (χ4n) is 3.70. The minimum atomic E-state index is -0.287. The minimum Gasteiger partial charge on any atom is -0.340 e. The molecular weight excluding hydrogens is 387 g/mol. The van der Waals surface area contributed by atoms with Crippen molar-refractivity contribution in [2.75, 3.05) is 18.1 Å². The Kier molecular flexibility index (Phi) is 5.85. The van der Waals surface area contributed by atoms with Crippen LogP contribution in [-0.2, 0) is 0 Å². The summed E-state index contributed by atoms with van der Waals surface area (Å²) >= 11 is 1.60. The maximum absolute atomic E-state index is 13.6. The van der Waals surface area contributed by atoms with Crippen molar-refractivity contribution in [1.29, 1.82) is 0 Å². The molecule has 1 aromatic heterocycles. The molecule has 0 bridgehead atoms. The molecule has 0 spiro atoms. The van der Waals surface area contributed by atoms with Gasteiger partial charge in [-0.05, 0) is 49.8 Å². The lowest BCUT2D eigenvalue weighted by Crippen LogP contribution is -2.41. The molecule has 2 heterocycles. The zero-order valence-corrected chi connectivity index (χ0v) is 17.0. The number of carbonyl (C=O) groups is 1. The first-order valence-corrected chi connectivity index (χ1v) is 10.9. The van der Waals surface area contributed by atoms with E-state index < -0.39 is 0 Å². The topological polar surface area (TPSA) is 61.0 Å². The van der Waals surface area contributed by atoms with Crippen molar-refractivity contribution in [3.63, 3.8) is 0 Å². The molecule has 7 heteroatoms. The first-order valence-electron chi connectivity index (χ1n) is 9.67. The van der Waals surface area contributed by atoms with Crippen LogP contribution in [0.25, 0.3) is 11.3 Å². The highest BCUT2D eigenvalue weighted by atomic mass is 32.2. The summed E-state index contributed by atoms with van der Waals surface area (Å²) in [5.41, 5.74) is 2.30. The number of nitrogens with zero attached hydrogens (tertiary/aromatic N) is 2. The molecule has 3 aromatic rings. The van der Waals surface area contributed by atoms with Crippen molar-refractivity contribution in [2.24, 2.45) is 0 Å². The number of imidazole rings is 1. The number of rotatable bonds is 4. The van der Waals surface area contributed by atoms with Gasteiger partial charge in [-0.2, -0.15) is 0 Å². The molecule has 0 unspecified atom stereocenters. The summed E-state index contributed by atoms with van der Waals surface area (Å²) in [5.74, 6) is 0.446. The fraction of sp³-hybridized carbons (Fsp3) is 0.273. The molecule has 1 aliphatic rings. The Morgan fingerprint density at radius 3 is 2.93 bits per heavy atom. The smallest absolute Gasteiger partial charge is 0.322 e. The maximum atomic E-state index is 13.6. The quantitative estimate of drug-likeness (QED) is 0.543. The predicted octanol–water partition coefficient (Wildman–Crippen LogP) is 5.70. The van der Waals surface area contributed by atoms with Gasteiger partial charge in [0.15, 0.2) is 0 Å². The highest BCUT2D eigenvalue weighted by Gasteiger charge is 2.30. The van der Waals surface area contributed by atoms with E-state index in [1.165, 1.54) is 12.1 Å². The van der Waals surface area contributed by atoms with Gasteiger partial charge in [0.25, 0.3) is 0 Å². The van der Waals surface area contributed by atoms with Crippen LogP contribution in [-0.4, -0.2) is 33.7 Å². The number of halogens is 1. The lowest BCUT2D eigenvalue weighted by molar-refractivity contribution is 0.160. The van der Waals surface area contributed by atoms with Gasteiger partial charge in [-0.25, -0.2) is 14.2 Å². The van der Waals surface area contributed by atoms with Crippen LogP contribution in [0.4, 0.5) is 14.9 Å². The van der Waals surface area contributed by atoms with E-state index in [1.807, 2.05) is 41.5 Å². The van der Waals surface area contributed by atoms with Gasteiger partial charge in [0.2, 0.25) is 0 Å². The Balaban J connectivity index is 1.55. The molecule has 1 atom stereocenters. The van der Waals surface area contributed by atoms with Crippen LogP contribution < -0.4 is 5.32 Å². The van der Waals surface area contributed by atoms with Crippen molar-refractivity contribution >= 4 is 23.5 Å². The summed E-state index contributed by atoms with van der Waals surface area (Å²) in [6, 6.07) is 13.9. The normalized spacial score (nSPS) is 16.6. The number of likely N-dealkylation sites (tertiary alicyclic amines) is 1. The number of amides is 2. The number of urea groups is 1. The summed E-state index contributed by atoms with van der Waals surface area (Å²) in [6.45, 7) is 0.675. The summed E-state index contributed by atoms with van der Waals surface area (Å²) < 4.78 is 13.6. The van der Waals surface area contributed by atoms with Gasteiger partial charge in [0, 0.05) is 17.0 Å². The molecular formula is C22H23FN4OS. The number of hydrogen-bond acceptors (Lipinski definition) is 3. The molecule has 2 aromatic carbocycles. The van der Waals surface area contributed by atoms with Crippen LogP contribution in [0.1, 0.15) is 31.1 Å². The van der Waals surface area contributed by atoms with Crippen LogP contribution in [0, 0.1) is 5.82 Å². The van der Waals surface area contributed by atoms with Crippen LogP contribution >= 0.6 is 11.8 Å². The van der Waals surface area contributed by atoms with Crippen LogP contribution in [0.3, 0.4) is 0 Å². The van der Waals surface area contributed by atoms with E-state index in [2.05, 4.69) is 15.3 Å². The Labute approximate surface area is 173 Å². The predicted molar refractivity (Wildman–Crippen MR) is 115 cm³/mol. The first-order chi connectivity index (χ1) is 14.2. The molecule has 1 saturated heterocycles. The number of thioether (sulfide) groups is 1. The van der Waals surface area contributed by atoms with Crippen LogP contribution in [0.2, 0.25) is 0 Å². The number of para-hydroxylation sites is 1. The van der Waals surface area contributed by atoms with Gasteiger partial charge in [-0.1, -0.05) is 24.3 Å². The number of H-pyrrole nitrogens is 1. The average Bonchev–Trinajstić information content (AvgIpc) is 3.24. The number of benzene rings is 2. The average molecular weight is 411 g/mol. The first kappa shape index (κ1) is 19.5. The Hall–Kier alpha value is -2.80. The van der Waals surface area contributed by atoms with Crippen molar-refractivity contribution in [1.82, 2.24) is 14.9 Å². The van der Waals surface area contributed by atoms with E-state index in [0.29, 0.717) is 6.54 Å². The minimum absolute atomic E-state index is 0.125. The number of aromatic amines is 1. The molecule has 1 aliphatic heterocycles. The Bertz CT molecular complexity index is 1010. The number of hydrogen-bond donors (Lipinski definition) is 2. The molecule has 150 valence electrons.